The topological polar surface area (TPSA) is 115 Å². The Balaban J connectivity index is 1.71. The van der Waals surface area contributed by atoms with Crippen molar-refractivity contribution in [3.63, 3.8) is 0 Å². The van der Waals surface area contributed by atoms with Crippen LogP contribution in [-0.4, -0.2) is 47.6 Å². The van der Waals surface area contributed by atoms with Gasteiger partial charge in [0.2, 0.25) is 5.91 Å². The van der Waals surface area contributed by atoms with E-state index in [2.05, 4.69) is 4.98 Å². The van der Waals surface area contributed by atoms with Crippen LogP contribution in [0.1, 0.15) is 30.9 Å². The van der Waals surface area contributed by atoms with Crippen molar-refractivity contribution in [3.8, 4) is 0 Å². The normalized spacial score (nSPS) is 16.9. The molecule has 0 unspecified atom stereocenters. The van der Waals surface area contributed by atoms with E-state index in [1.807, 2.05) is 4.90 Å². The average molecular weight is 555 g/mol. The van der Waals surface area contributed by atoms with Gasteiger partial charge in [0, 0.05) is 23.7 Å². The zero-order valence-corrected chi connectivity index (χ0v) is 21.8. The number of halogens is 3. The summed E-state index contributed by atoms with van der Waals surface area (Å²) in [5, 5.41) is 0.309. The Morgan fingerprint density at radius 3 is 2.69 bits per heavy atom. The molecule has 36 heavy (non-hydrogen) atoms. The highest BCUT2D eigenvalue weighted by Gasteiger charge is 2.26. The molecule has 1 amide bonds. The number of rotatable bonds is 7. The number of nitrogens with zero attached hydrogens (tertiary/aromatic N) is 3. The number of carbonyl (C=O) groups is 1. The third-order valence-corrected chi connectivity index (χ3v) is 8.94. The number of carbonyl (C=O) groups excluding carboxylic acids is 1. The minimum atomic E-state index is -3.57. The van der Waals surface area contributed by atoms with Gasteiger partial charge in [0.15, 0.2) is 9.84 Å². The number of hydrogen-bond donors (Lipinski definition) is 1. The third-order valence-electron chi connectivity index (χ3n) is 6.47. The molecule has 0 spiro atoms. The van der Waals surface area contributed by atoms with Crippen LogP contribution in [-0.2, 0) is 27.7 Å². The summed E-state index contributed by atoms with van der Waals surface area (Å²) in [6.45, 7) is 2.61. The first-order valence-corrected chi connectivity index (χ1v) is 13.8. The molecule has 192 valence electrons. The van der Waals surface area contributed by atoms with Crippen LogP contribution in [0.3, 0.4) is 0 Å². The maximum atomic E-state index is 15.2. The number of piperidine rings is 1. The molecule has 1 aliphatic heterocycles. The number of aromatic nitrogens is 2. The van der Waals surface area contributed by atoms with Crippen LogP contribution in [0.4, 0.5) is 4.39 Å². The highest BCUT2D eigenvalue weighted by atomic mass is 35.5. The van der Waals surface area contributed by atoms with Crippen molar-refractivity contribution in [2.75, 3.05) is 18.8 Å². The number of nitrogens with two attached hydrogens (primary N) is 1. The first kappa shape index (κ1) is 26.5. The van der Waals surface area contributed by atoms with Crippen molar-refractivity contribution < 1.29 is 17.6 Å². The Kier molecular flexibility index (Phi) is 7.70. The van der Waals surface area contributed by atoms with Crippen LogP contribution >= 0.6 is 23.2 Å². The predicted molar refractivity (Wildman–Crippen MR) is 136 cm³/mol. The highest BCUT2D eigenvalue weighted by molar-refractivity contribution is 7.91. The number of primary amides is 1. The molecule has 0 bridgehead atoms. The van der Waals surface area contributed by atoms with Crippen molar-refractivity contribution in [2.24, 2.45) is 11.7 Å². The molecular formula is C24H25Cl2FN4O4S. The molecule has 1 aromatic heterocycles. The first-order chi connectivity index (χ1) is 17.0. The van der Waals surface area contributed by atoms with Crippen molar-refractivity contribution in [3.05, 3.63) is 67.9 Å². The third kappa shape index (κ3) is 5.27. The summed E-state index contributed by atoms with van der Waals surface area (Å²) in [6.07, 6.45) is 2.70. The lowest BCUT2D eigenvalue weighted by molar-refractivity contribution is -0.123. The van der Waals surface area contributed by atoms with Crippen molar-refractivity contribution in [1.29, 1.82) is 0 Å². The van der Waals surface area contributed by atoms with E-state index in [0.29, 0.717) is 30.1 Å². The molecule has 4 rings (SSSR count). The maximum absolute atomic E-state index is 15.2. The smallest absolute Gasteiger partial charge is 0.261 e. The molecule has 8 nitrogen and oxygen atoms in total. The average Bonchev–Trinajstić information content (AvgIpc) is 2.84. The SMILES string of the molecule is CCS(=O)(=O)c1ccc(Cl)cc1Cn1cnc2c(Cl)c(CN3CCC[C@@H](C(N)=O)C3)c(F)cc2c1=O. The molecule has 3 aromatic rings. The summed E-state index contributed by atoms with van der Waals surface area (Å²) >= 11 is 12.6. The Hall–Kier alpha value is -2.53. The largest absolute Gasteiger partial charge is 0.369 e. The minimum absolute atomic E-state index is 0.0208. The van der Waals surface area contributed by atoms with E-state index < -0.39 is 21.2 Å². The molecule has 1 atom stereocenters. The molecule has 1 aliphatic rings. The highest BCUT2D eigenvalue weighted by Crippen LogP contribution is 2.30. The van der Waals surface area contributed by atoms with Gasteiger partial charge in [0.25, 0.3) is 5.56 Å². The molecular weight excluding hydrogens is 530 g/mol. The number of fused-ring (bicyclic) bond motifs is 1. The number of amides is 1. The fourth-order valence-electron chi connectivity index (χ4n) is 4.50. The van der Waals surface area contributed by atoms with E-state index in [0.717, 1.165) is 12.5 Å². The molecule has 0 aliphatic carbocycles. The molecule has 2 N–H and O–H groups in total. The van der Waals surface area contributed by atoms with Gasteiger partial charge in [-0.15, -0.1) is 0 Å². The maximum Gasteiger partial charge on any atom is 0.261 e. The number of benzene rings is 2. The van der Waals surface area contributed by atoms with Gasteiger partial charge < -0.3 is 5.73 Å². The monoisotopic (exact) mass is 554 g/mol. The number of hydrogen-bond acceptors (Lipinski definition) is 6. The molecule has 0 radical (unpaired) electrons. The summed E-state index contributed by atoms with van der Waals surface area (Å²) in [6, 6.07) is 5.46. The standard InChI is InChI=1S/C24H25Cl2FN4O4S/c1-2-36(34,35)20-6-5-16(25)8-15(20)11-31-13-29-22-17(24(31)33)9-19(27)18(21(22)26)12-30-7-3-4-14(10-30)23(28)32/h5-6,8-9,13-14H,2-4,7,10-12H2,1H3,(H2,28,32)/t14-/m1/s1. The second-order valence-corrected chi connectivity index (χ2v) is 11.9. The fourth-order valence-corrected chi connectivity index (χ4v) is 6.10. The lowest BCUT2D eigenvalue weighted by Gasteiger charge is -2.31. The fraction of sp³-hybridized carbons (Fsp3) is 0.375. The van der Waals surface area contributed by atoms with E-state index in [1.165, 1.54) is 36.0 Å². The van der Waals surface area contributed by atoms with E-state index in [1.54, 1.807) is 0 Å². The lowest BCUT2D eigenvalue weighted by Crippen LogP contribution is -2.40. The van der Waals surface area contributed by atoms with E-state index in [-0.39, 0.29) is 57.1 Å². The van der Waals surface area contributed by atoms with E-state index in [9.17, 15) is 18.0 Å². The van der Waals surface area contributed by atoms with Gasteiger partial charge in [-0.2, -0.15) is 0 Å². The van der Waals surface area contributed by atoms with E-state index in [4.69, 9.17) is 28.9 Å². The first-order valence-electron chi connectivity index (χ1n) is 11.4. The second-order valence-electron chi connectivity index (χ2n) is 8.86. The van der Waals surface area contributed by atoms with Gasteiger partial charge in [-0.1, -0.05) is 30.1 Å². The van der Waals surface area contributed by atoms with Gasteiger partial charge >= 0.3 is 0 Å². The summed E-state index contributed by atoms with van der Waals surface area (Å²) < 4.78 is 41.4. The van der Waals surface area contributed by atoms with Gasteiger partial charge in [-0.3, -0.25) is 19.1 Å². The van der Waals surface area contributed by atoms with Crippen LogP contribution in [0.2, 0.25) is 10.0 Å². The predicted octanol–water partition coefficient (Wildman–Crippen LogP) is 3.38. The van der Waals surface area contributed by atoms with Crippen LogP contribution in [0.15, 0.2) is 40.3 Å². The molecule has 12 heteroatoms. The van der Waals surface area contributed by atoms with Gasteiger partial charge in [0.05, 0.1) is 45.4 Å². The minimum Gasteiger partial charge on any atom is -0.369 e. The Labute approximate surface area is 217 Å². The summed E-state index contributed by atoms with van der Waals surface area (Å²) in [4.78, 5) is 31.1. The summed E-state index contributed by atoms with van der Waals surface area (Å²) in [5.41, 5.74) is 5.52. The molecule has 1 fully saturated rings. The summed E-state index contributed by atoms with van der Waals surface area (Å²) in [7, 11) is -3.57. The van der Waals surface area contributed by atoms with Crippen molar-refractivity contribution in [1.82, 2.24) is 14.5 Å². The van der Waals surface area contributed by atoms with E-state index >= 15 is 4.39 Å². The van der Waals surface area contributed by atoms with Crippen LogP contribution in [0.5, 0.6) is 0 Å². The molecule has 1 saturated heterocycles. The number of sulfone groups is 1. The van der Waals surface area contributed by atoms with Crippen LogP contribution in [0.25, 0.3) is 10.9 Å². The molecule has 2 aromatic carbocycles. The Bertz CT molecular complexity index is 1510. The van der Waals surface area contributed by atoms with Crippen molar-refractivity contribution >= 4 is 49.8 Å². The Morgan fingerprint density at radius 2 is 2.00 bits per heavy atom. The van der Waals surface area contributed by atoms with Crippen molar-refractivity contribution in [2.45, 2.75) is 37.8 Å². The lowest BCUT2D eigenvalue weighted by atomic mass is 9.97. The zero-order valence-electron chi connectivity index (χ0n) is 19.5. The second kappa shape index (κ2) is 10.5. The Morgan fingerprint density at radius 1 is 1.25 bits per heavy atom. The van der Waals surface area contributed by atoms with Crippen LogP contribution in [0, 0.1) is 11.7 Å². The zero-order chi connectivity index (χ0) is 26.2. The number of likely N-dealkylation sites (tertiary alicyclic amines) is 1. The molecule has 0 saturated carbocycles. The van der Waals surface area contributed by atoms with Gasteiger partial charge in [-0.25, -0.2) is 17.8 Å². The van der Waals surface area contributed by atoms with Gasteiger partial charge in [-0.05, 0) is 49.2 Å². The quantitative estimate of drug-likeness (QED) is 0.478. The van der Waals surface area contributed by atoms with Gasteiger partial charge in [0.1, 0.15) is 5.82 Å². The summed E-state index contributed by atoms with van der Waals surface area (Å²) in [5.74, 6) is -1.48. The molecule has 2 heterocycles. The van der Waals surface area contributed by atoms with Crippen LogP contribution < -0.4 is 11.3 Å².